The van der Waals surface area contributed by atoms with Crippen LogP contribution in [0.2, 0.25) is 0 Å². The maximum absolute atomic E-state index is 12.1. The fourth-order valence-corrected chi connectivity index (χ4v) is 2.90. The van der Waals surface area contributed by atoms with Crippen molar-refractivity contribution in [2.24, 2.45) is 4.99 Å². The highest BCUT2D eigenvalue weighted by Crippen LogP contribution is 2.31. The molecule has 1 aromatic rings. The van der Waals surface area contributed by atoms with Gasteiger partial charge in [-0.15, -0.1) is 0 Å². The molecular formula is C14H18N4O. The first kappa shape index (κ1) is 12.0. The zero-order valence-electron chi connectivity index (χ0n) is 11.0. The largest absolute Gasteiger partial charge is 0.399 e. The van der Waals surface area contributed by atoms with Crippen molar-refractivity contribution in [3.63, 3.8) is 0 Å². The van der Waals surface area contributed by atoms with Crippen molar-refractivity contribution in [1.82, 2.24) is 5.32 Å². The van der Waals surface area contributed by atoms with Crippen LogP contribution in [0.3, 0.4) is 0 Å². The van der Waals surface area contributed by atoms with Crippen LogP contribution in [0.15, 0.2) is 29.3 Å². The van der Waals surface area contributed by atoms with Crippen molar-refractivity contribution in [3.05, 3.63) is 24.3 Å². The third-order valence-corrected chi connectivity index (χ3v) is 3.83. The Bertz CT molecular complexity index is 537. The van der Waals surface area contributed by atoms with Crippen molar-refractivity contribution in [2.45, 2.75) is 25.3 Å². The van der Waals surface area contributed by atoms with Crippen LogP contribution in [0.25, 0.3) is 0 Å². The molecule has 1 aromatic carbocycles. The van der Waals surface area contributed by atoms with E-state index in [1.165, 1.54) is 0 Å². The predicted molar refractivity (Wildman–Crippen MR) is 76.3 cm³/mol. The molecule has 2 aliphatic rings. The Morgan fingerprint density at radius 3 is 2.74 bits per heavy atom. The molecule has 1 fully saturated rings. The first-order valence-corrected chi connectivity index (χ1v) is 6.57. The molecule has 1 amide bonds. The number of amides is 1. The van der Waals surface area contributed by atoms with Crippen LogP contribution in [0.1, 0.15) is 19.8 Å². The first-order valence-electron chi connectivity index (χ1n) is 6.57. The minimum Gasteiger partial charge on any atom is -0.399 e. The van der Waals surface area contributed by atoms with E-state index in [9.17, 15) is 4.79 Å². The highest BCUT2D eigenvalue weighted by Gasteiger charge is 2.45. The molecule has 0 aliphatic carbocycles. The molecular weight excluding hydrogens is 240 g/mol. The monoisotopic (exact) mass is 258 g/mol. The van der Waals surface area contributed by atoms with Crippen molar-refractivity contribution in [3.8, 4) is 0 Å². The van der Waals surface area contributed by atoms with Gasteiger partial charge in [-0.05, 0) is 44.0 Å². The number of hydrogen-bond donors (Lipinski definition) is 2. The Morgan fingerprint density at radius 2 is 2.11 bits per heavy atom. The zero-order chi connectivity index (χ0) is 13.5. The van der Waals surface area contributed by atoms with Crippen molar-refractivity contribution >= 4 is 23.1 Å². The number of nitrogen functional groups attached to an aromatic ring is 1. The summed E-state index contributed by atoms with van der Waals surface area (Å²) in [4.78, 5) is 18.9. The third-order valence-electron chi connectivity index (χ3n) is 3.83. The number of nitrogens with two attached hydrogens (primary N) is 1. The summed E-state index contributed by atoms with van der Waals surface area (Å²) in [5, 5.41) is 2.82. The van der Waals surface area contributed by atoms with Gasteiger partial charge in [0, 0.05) is 17.9 Å². The number of hydrogen-bond acceptors (Lipinski definition) is 4. The lowest BCUT2D eigenvalue weighted by molar-refractivity contribution is -0.124. The van der Waals surface area contributed by atoms with Crippen molar-refractivity contribution < 1.29 is 4.79 Å². The fraction of sp³-hybridized carbons (Fsp3) is 0.429. The molecule has 3 N–H and O–H groups in total. The van der Waals surface area contributed by atoms with E-state index in [2.05, 4.69) is 15.2 Å². The number of carbonyl (C=O) groups is 1. The van der Waals surface area contributed by atoms with E-state index in [-0.39, 0.29) is 5.91 Å². The van der Waals surface area contributed by atoms with Crippen LogP contribution in [0, 0.1) is 0 Å². The number of carbonyl (C=O) groups excluding carboxylic acids is 1. The predicted octanol–water partition coefficient (Wildman–Crippen LogP) is 1.16. The number of piperidine rings is 1. The molecule has 100 valence electrons. The van der Waals surface area contributed by atoms with Gasteiger partial charge in [-0.25, -0.2) is 0 Å². The summed E-state index contributed by atoms with van der Waals surface area (Å²) in [6.07, 6.45) is 1.79. The highest BCUT2D eigenvalue weighted by atomic mass is 16.2. The van der Waals surface area contributed by atoms with Crippen LogP contribution < -0.4 is 16.0 Å². The molecule has 0 unspecified atom stereocenters. The molecule has 0 bridgehead atoms. The van der Waals surface area contributed by atoms with Gasteiger partial charge in [0.2, 0.25) is 0 Å². The Kier molecular flexibility index (Phi) is 2.69. The molecule has 1 spiro atoms. The van der Waals surface area contributed by atoms with Gasteiger partial charge >= 0.3 is 0 Å². The summed E-state index contributed by atoms with van der Waals surface area (Å²) in [6, 6.07) is 7.77. The summed E-state index contributed by atoms with van der Waals surface area (Å²) in [5.74, 6) is 0.759. The molecule has 19 heavy (non-hydrogen) atoms. The highest BCUT2D eigenvalue weighted by molar-refractivity contribution is 6.07. The van der Waals surface area contributed by atoms with Crippen LogP contribution in [-0.4, -0.2) is 30.4 Å². The summed E-state index contributed by atoms with van der Waals surface area (Å²) in [7, 11) is 0. The molecule has 5 heteroatoms. The first-order chi connectivity index (χ1) is 9.09. The molecule has 2 heterocycles. The van der Waals surface area contributed by atoms with E-state index >= 15 is 0 Å². The average Bonchev–Trinajstić information content (AvgIpc) is 2.64. The van der Waals surface area contributed by atoms with Crippen LogP contribution in [0.5, 0.6) is 0 Å². The van der Waals surface area contributed by atoms with Gasteiger partial charge in [-0.1, -0.05) is 0 Å². The number of rotatable bonds is 1. The summed E-state index contributed by atoms with van der Waals surface area (Å²) in [6.45, 7) is 3.43. The van der Waals surface area contributed by atoms with Gasteiger partial charge in [0.25, 0.3) is 5.91 Å². The van der Waals surface area contributed by atoms with Crippen molar-refractivity contribution in [2.75, 3.05) is 23.7 Å². The Hall–Kier alpha value is -2.04. The molecule has 0 saturated carbocycles. The molecule has 1 atom stereocenters. The molecule has 2 aliphatic heterocycles. The summed E-state index contributed by atoms with van der Waals surface area (Å²) in [5.41, 5.74) is 6.96. The van der Waals surface area contributed by atoms with Crippen molar-refractivity contribution in [1.29, 1.82) is 0 Å². The van der Waals surface area contributed by atoms with E-state index in [1.54, 1.807) is 0 Å². The molecule has 0 aromatic heterocycles. The van der Waals surface area contributed by atoms with E-state index in [4.69, 9.17) is 5.73 Å². The second-order valence-electron chi connectivity index (χ2n) is 5.30. The molecule has 5 nitrogen and oxygen atoms in total. The smallest absolute Gasteiger partial charge is 0.255 e. The second-order valence-corrected chi connectivity index (χ2v) is 5.30. The number of benzene rings is 1. The number of aliphatic imine (C=N–C) groups is 1. The fourth-order valence-electron chi connectivity index (χ4n) is 2.90. The Morgan fingerprint density at radius 1 is 1.37 bits per heavy atom. The Labute approximate surface area is 112 Å². The lowest BCUT2D eigenvalue weighted by atomic mass is 9.89. The van der Waals surface area contributed by atoms with Gasteiger partial charge in [-0.2, -0.15) is 0 Å². The quantitative estimate of drug-likeness (QED) is 0.742. The second kappa shape index (κ2) is 4.26. The third kappa shape index (κ3) is 2.05. The van der Waals surface area contributed by atoms with E-state index in [1.807, 2.05) is 31.2 Å². The SMILES string of the molecule is CC1=N[C@@]2(CCCN(c3ccc(N)cc3)C2)C(=O)N1. The molecule has 0 radical (unpaired) electrons. The minimum absolute atomic E-state index is 0.0325. The van der Waals surface area contributed by atoms with Gasteiger partial charge in [0.05, 0.1) is 6.54 Å². The van der Waals surface area contributed by atoms with Crippen LogP contribution >= 0.6 is 0 Å². The van der Waals surface area contributed by atoms with Gasteiger partial charge in [0.1, 0.15) is 5.84 Å². The number of nitrogens with one attached hydrogen (secondary N) is 1. The molecule has 1 saturated heterocycles. The number of amidine groups is 1. The minimum atomic E-state index is -0.594. The van der Waals surface area contributed by atoms with Crippen LogP contribution in [0.4, 0.5) is 11.4 Å². The maximum Gasteiger partial charge on any atom is 0.255 e. The average molecular weight is 258 g/mol. The Balaban J connectivity index is 1.86. The lowest BCUT2D eigenvalue weighted by Gasteiger charge is -2.38. The molecule has 3 rings (SSSR count). The van der Waals surface area contributed by atoms with E-state index < -0.39 is 5.54 Å². The van der Waals surface area contributed by atoms with Gasteiger partial charge in [-0.3, -0.25) is 9.79 Å². The van der Waals surface area contributed by atoms with E-state index in [0.717, 1.165) is 36.6 Å². The normalized spacial score (nSPS) is 26.5. The van der Waals surface area contributed by atoms with Crippen LogP contribution in [-0.2, 0) is 4.79 Å². The summed E-state index contributed by atoms with van der Waals surface area (Å²) >= 11 is 0. The summed E-state index contributed by atoms with van der Waals surface area (Å²) < 4.78 is 0. The van der Waals surface area contributed by atoms with Gasteiger partial charge < -0.3 is 16.0 Å². The standard InChI is InChI=1S/C14H18N4O/c1-10-16-13(19)14(17-10)7-2-8-18(9-14)12-5-3-11(15)4-6-12/h3-6H,2,7-9,15H2,1H3,(H,16,17,19)/t14-/m1/s1. The number of nitrogens with zero attached hydrogens (tertiary/aromatic N) is 2. The zero-order valence-corrected chi connectivity index (χ0v) is 11.0. The topological polar surface area (TPSA) is 70.7 Å². The maximum atomic E-state index is 12.1. The van der Waals surface area contributed by atoms with E-state index in [0.29, 0.717) is 6.54 Å². The lowest BCUT2D eigenvalue weighted by Crippen LogP contribution is -2.52. The number of anilines is 2. The van der Waals surface area contributed by atoms with Gasteiger partial charge in [0.15, 0.2) is 5.54 Å².